The van der Waals surface area contributed by atoms with Gasteiger partial charge in [-0.2, -0.15) is 0 Å². The van der Waals surface area contributed by atoms with Gasteiger partial charge in [-0.3, -0.25) is 4.79 Å². The molecule has 3 rings (SSSR count). The lowest BCUT2D eigenvalue weighted by atomic mass is 10.2. The van der Waals surface area contributed by atoms with Crippen molar-refractivity contribution in [3.63, 3.8) is 0 Å². The fourth-order valence-electron chi connectivity index (χ4n) is 2.38. The van der Waals surface area contributed by atoms with Crippen molar-refractivity contribution in [3.8, 4) is 0 Å². The van der Waals surface area contributed by atoms with Crippen molar-refractivity contribution in [1.82, 2.24) is 9.88 Å². The number of amides is 1. The second kappa shape index (κ2) is 8.46. The Hall–Kier alpha value is -1.52. The summed E-state index contributed by atoms with van der Waals surface area (Å²) in [5.41, 5.74) is 1.95. The number of thioether (sulfide) groups is 1. The predicted molar refractivity (Wildman–Crippen MR) is 111 cm³/mol. The van der Waals surface area contributed by atoms with Gasteiger partial charge in [0.2, 0.25) is 0 Å². The van der Waals surface area contributed by atoms with Crippen LogP contribution >= 0.6 is 46.3 Å². The van der Waals surface area contributed by atoms with Crippen molar-refractivity contribution < 1.29 is 17.7 Å². The predicted octanol–water partition coefficient (Wildman–Crippen LogP) is 5.07. The molecule has 0 unspecified atom stereocenters. The molecule has 148 valence electrons. The van der Waals surface area contributed by atoms with Gasteiger partial charge in [-0.25, -0.2) is 13.1 Å². The minimum Gasteiger partial charge on any atom is -0.361 e. The highest BCUT2D eigenvalue weighted by molar-refractivity contribution is 7.98. The first kappa shape index (κ1) is 21.2. The average molecular weight is 477 g/mol. The monoisotopic (exact) mass is 476 g/mol. The molecular formula is C17H14Cl2N2O4S3. The van der Waals surface area contributed by atoms with Gasteiger partial charge in [0.1, 0.15) is 15.0 Å². The van der Waals surface area contributed by atoms with Gasteiger partial charge < -0.3 is 4.52 Å². The maximum Gasteiger partial charge on any atom is 0.266 e. The molecule has 0 bridgehead atoms. The summed E-state index contributed by atoms with van der Waals surface area (Å²) in [7, 11) is -4.15. The molecule has 28 heavy (non-hydrogen) atoms. The van der Waals surface area contributed by atoms with Crippen LogP contribution in [0.15, 0.2) is 44.6 Å². The molecule has 0 fully saturated rings. The molecule has 3 aromatic rings. The summed E-state index contributed by atoms with van der Waals surface area (Å²) >= 11 is 14.0. The third kappa shape index (κ3) is 4.55. The number of carbonyl (C=O) groups excluding carboxylic acids is 1. The smallest absolute Gasteiger partial charge is 0.266 e. The van der Waals surface area contributed by atoms with Crippen LogP contribution in [0.2, 0.25) is 8.67 Å². The fraction of sp³-hybridized carbons (Fsp3) is 0.176. The summed E-state index contributed by atoms with van der Waals surface area (Å²) in [6.45, 7) is 3.66. The average Bonchev–Trinajstić information content (AvgIpc) is 3.14. The molecule has 1 amide bonds. The number of sulfonamides is 1. The number of benzene rings is 1. The number of nitrogens with zero attached hydrogens (tertiary/aromatic N) is 1. The Morgan fingerprint density at radius 2 is 2.00 bits per heavy atom. The van der Waals surface area contributed by atoms with E-state index in [1.807, 2.05) is 13.8 Å². The van der Waals surface area contributed by atoms with E-state index in [1.54, 1.807) is 24.3 Å². The summed E-state index contributed by atoms with van der Waals surface area (Å²) < 4.78 is 32.4. The van der Waals surface area contributed by atoms with Crippen molar-refractivity contribution >= 4 is 62.2 Å². The Morgan fingerprint density at radius 3 is 2.61 bits per heavy atom. The quantitative estimate of drug-likeness (QED) is 0.499. The Morgan fingerprint density at radius 1 is 1.29 bits per heavy atom. The topological polar surface area (TPSA) is 89.3 Å². The molecule has 0 atom stereocenters. The molecule has 0 saturated carbocycles. The SMILES string of the molecule is Cc1noc(C)c1CSc1ccccc1C(=O)NS(=O)(=O)c1cc(Cl)sc1Cl. The molecule has 0 aliphatic heterocycles. The summed E-state index contributed by atoms with van der Waals surface area (Å²) in [6, 6.07) is 7.95. The van der Waals surface area contributed by atoms with Crippen molar-refractivity contribution in [2.75, 3.05) is 0 Å². The normalized spacial score (nSPS) is 11.6. The van der Waals surface area contributed by atoms with E-state index in [4.69, 9.17) is 27.7 Å². The third-order valence-corrected chi connectivity index (χ3v) is 8.01. The van der Waals surface area contributed by atoms with E-state index in [9.17, 15) is 13.2 Å². The molecule has 0 radical (unpaired) electrons. The number of thiophene rings is 1. The summed E-state index contributed by atoms with van der Waals surface area (Å²) in [6.07, 6.45) is 0. The first-order valence-corrected chi connectivity index (χ1v) is 11.9. The molecule has 6 nitrogen and oxygen atoms in total. The Bertz CT molecular complexity index is 1120. The summed E-state index contributed by atoms with van der Waals surface area (Å²) in [4.78, 5) is 13.1. The molecule has 0 aliphatic carbocycles. The van der Waals surface area contributed by atoms with Crippen LogP contribution in [0.25, 0.3) is 0 Å². The van der Waals surface area contributed by atoms with Crippen LogP contribution in [-0.2, 0) is 15.8 Å². The van der Waals surface area contributed by atoms with Crippen molar-refractivity contribution in [1.29, 1.82) is 0 Å². The standard InChI is InChI=1S/C17H14Cl2N2O4S3/c1-9-12(10(2)25-20-9)8-26-13-6-4-3-5-11(13)17(22)21-28(23,24)14-7-15(18)27-16(14)19/h3-7H,8H2,1-2H3,(H,21,22). The molecule has 1 N–H and O–H groups in total. The molecule has 0 saturated heterocycles. The molecule has 2 heterocycles. The van der Waals surface area contributed by atoms with Crippen LogP contribution in [0.1, 0.15) is 27.4 Å². The van der Waals surface area contributed by atoms with Crippen LogP contribution in [0, 0.1) is 13.8 Å². The Kier molecular flexibility index (Phi) is 6.41. The van der Waals surface area contributed by atoms with Gasteiger partial charge in [0.15, 0.2) is 0 Å². The van der Waals surface area contributed by atoms with E-state index in [1.165, 1.54) is 17.8 Å². The molecule has 11 heteroatoms. The van der Waals surface area contributed by atoms with Crippen molar-refractivity contribution in [3.05, 3.63) is 61.6 Å². The molecular weight excluding hydrogens is 463 g/mol. The third-order valence-electron chi connectivity index (χ3n) is 3.83. The van der Waals surface area contributed by atoms with Gasteiger partial charge in [0.25, 0.3) is 15.9 Å². The highest BCUT2D eigenvalue weighted by atomic mass is 35.5. The number of aromatic nitrogens is 1. The zero-order valence-corrected chi connectivity index (χ0v) is 18.6. The first-order chi connectivity index (χ1) is 13.2. The number of hydrogen-bond donors (Lipinski definition) is 1. The van der Waals surface area contributed by atoms with Crippen LogP contribution in [0.3, 0.4) is 0 Å². The van der Waals surface area contributed by atoms with Crippen molar-refractivity contribution in [2.24, 2.45) is 0 Å². The highest BCUT2D eigenvalue weighted by Crippen LogP contribution is 2.34. The van der Waals surface area contributed by atoms with Gasteiger partial charge in [0, 0.05) is 16.2 Å². The van der Waals surface area contributed by atoms with E-state index in [0.29, 0.717) is 16.4 Å². The van der Waals surface area contributed by atoms with E-state index in [2.05, 4.69) is 9.88 Å². The van der Waals surface area contributed by atoms with Gasteiger partial charge in [-0.1, -0.05) is 40.5 Å². The number of carbonyl (C=O) groups is 1. The lowest BCUT2D eigenvalue weighted by molar-refractivity contribution is 0.0978. The minimum absolute atomic E-state index is 0.00799. The van der Waals surface area contributed by atoms with Gasteiger partial charge >= 0.3 is 0 Å². The van der Waals surface area contributed by atoms with E-state index < -0.39 is 15.9 Å². The summed E-state index contributed by atoms with van der Waals surface area (Å²) in [5.74, 6) is 0.489. The Balaban J connectivity index is 1.82. The Labute approximate surface area is 180 Å². The van der Waals surface area contributed by atoms with Crippen LogP contribution < -0.4 is 4.72 Å². The number of aryl methyl sites for hydroxylation is 2. The second-order valence-corrected chi connectivity index (χ2v) is 10.7. The molecule has 0 spiro atoms. The van der Waals surface area contributed by atoms with Crippen LogP contribution in [-0.4, -0.2) is 19.5 Å². The number of halogens is 2. The van der Waals surface area contributed by atoms with Crippen molar-refractivity contribution in [2.45, 2.75) is 29.4 Å². The highest BCUT2D eigenvalue weighted by Gasteiger charge is 2.25. The van der Waals surface area contributed by atoms with Gasteiger partial charge in [0.05, 0.1) is 15.6 Å². The summed E-state index contributed by atoms with van der Waals surface area (Å²) in [5, 5.41) is 3.91. The second-order valence-electron chi connectivity index (χ2n) is 5.71. The fourth-order valence-corrected chi connectivity index (χ4v) is 6.70. The zero-order chi connectivity index (χ0) is 20.5. The molecule has 2 aromatic heterocycles. The minimum atomic E-state index is -4.15. The number of rotatable bonds is 6. The van der Waals surface area contributed by atoms with E-state index >= 15 is 0 Å². The first-order valence-electron chi connectivity index (χ1n) is 7.84. The van der Waals surface area contributed by atoms with Gasteiger partial charge in [-0.15, -0.1) is 23.1 Å². The van der Waals surface area contributed by atoms with Crippen LogP contribution in [0.5, 0.6) is 0 Å². The maximum atomic E-state index is 12.7. The largest absolute Gasteiger partial charge is 0.361 e. The van der Waals surface area contributed by atoms with E-state index in [0.717, 1.165) is 22.6 Å². The lowest BCUT2D eigenvalue weighted by Gasteiger charge is -2.10. The molecule has 1 aromatic carbocycles. The zero-order valence-electron chi connectivity index (χ0n) is 14.7. The number of nitrogens with one attached hydrogen (secondary N) is 1. The lowest BCUT2D eigenvalue weighted by Crippen LogP contribution is -2.30. The molecule has 0 aliphatic rings. The van der Waals surface area contributed by atoms with Gasteiger partial charge in [-0.05, 0) is 32.0 Å². The van der Waals surface area contributed by atoms with Crippen LogP contribution in [0.4, 0.5) is 0 Å². The van der Waals surface area contributed by atoms with E-state index in [-0.39, 0.29) is 19.1 Å². The number of hydrogen-bond acceptors (Lipinski definition) is 7. The maximum absolute atomic E-state index is 12.7.